The number of hydrogen-bond acceptors (Lipinski definition) is 2. The highest BCUT2D eigenvalue weighted by Crippen LogP contribution is 2.60. The van der Waals surface area contributed by atoms with Crippen molar-refractivity contribution >= 4 is 11.5 Å². The molecule has 3 unspecified atom stereocenters. The highest BCUT2D eigenvalue weighted by Gasteiger charge is 2.56. The van der Waals surface area contributed by atoms with Crippen molar-refractivity contribution in [1.82, 2.24) is 0 Å². The van der Waals surface area contributed by atoms with Gasteiger partial charge >= 0.3 is 0 Å². The lowest BCUT2D eigenvalue weighted by Gasteiger charge is -2.13. The van der Waals surface area contributed by atoms with E-state index in [0.29, 0.717) is 17.4 Å². The maximum absolute atomic E-state index is 13.6. The normalized spacial score (nSPS) is 25.9. The van der Waals surface area contributed by atoms with Gasteiger partial charge in [-0.2, -0.15) is 0 Å². The molecule has 4 rings (SSSR count). The molecule has 0 saturated heterocycles. The van der Waals surface area contributed by atoms with Crippen LogP contribution < -0.4 is 5.73 Å². The molecule has 1 fully saturated rings. The number of rotatable bonds is 2. The Morgan fingerprint density at radius 1 is 1.19 bits per heavy atom. The fourth-order valence-corrected chi connectivity index (χ4v) is 3.80. The lowest BCUT2D eigenvalue weighted by atomic mass is 9.92. The van der Waals surface area contributed by atoms with Crippen LogP contribution in [-0.2, 0) is 6.42 Å². The van der Waals surface area contributed by atoms with Crippen molar-refractivity contribution in [2.24, 2.45) is 11.8 Å². The summed E-state index contributed by atoms with van der Waals surface area (Å²) in [6.45, 7) is 0. The van der Waals surface area contributed by atoms with Gasteiger partial charge in [-0.05, 0) is 54.0 Å². The van der Waals surface area contributed by atoms with E-state index in [9.17, 15) is 9.18 Å². The Bertz CT molecular complexity index is 740. The minimum atomic E-state index is -0.509. The quantitative estimate of drug-likeness (QED) is 0.675. The van der Waals surface area contributed by atoms with Crippen LogP contribution in [0.5, 0.6) is 0 Å². The number of carbonyl (C=O) groups excluding carboxylic acids is 1. The smallest absolute Gasteiger partial charge is 0.166 e. The summed E-state index contributed by atoms with van der Waals surface area (Å²) in [4.78, 5) is 12.6. The average Bonchev–Trinajstić information content (AvgIpc) is 3.24. The summed E-state index contributed by atoms with van der Waals surface area (Å²) in [5.41, 5.74) is 8.67. The van der Waals surface area contributed by atoms with Crippen molar-refractivity contribution in [2.45, 2.75) is 18.8 Å². The van der Waals surface area contributed by atoms with Crippen molar-refractivity contribution in [1.29, 1.82) is 0 Å². The third-order valence-electron chi connectivity index (χ3n) is 4.92. The molecule has 3 atom stereocenters. The summed E-state index contributed by atoms with van der Waals surface area (Å²) in [7, 11) is 0. The molecule has 0 bridgehead atoms. The molecule has 21 heavy (non-hydrogen) atoms. The number of nitrogen functional groups attached to an aromatic ring is 1. The number of ketones is 1. The first-order chi connectivity index (χ1) is 10.2. The van der Waals surface area contributed by atoms with E-state index >= 15 is 0 Å². The predicted molar refractivity (Wildman–Crippen MR) is 79.6 cm³/mol. The number of benzene rings is 2. The summed E-state index contributed by atoms with van der Waals surface area (Å²) in [6.07, 6.45) is 2.09. The van der Waals surface area contributed by atoms with E-state index in [1.807, 2.05) is 12.1 Å². The Morgan fingerprint density at radius 3 is 2.81 bits per heavy atom. The summed E-state index contributed by atoms with van der Waals surface area (Å²) in [6, 6.07) is 12.7. The number of halogens is 1. The van der Waals surface area contributed by atoms with E-state index in [1.165, 1.54) is 23.3 Å². The third-order valence-corrected chi connectivity index (χ3v) is 4.92. The van der Waals surface area contributed by atoms with E-state index in [1.54, 1.807) is 6.07 Å². The molecule has 0 spiro atoms. The number of aryl methyl sites for hydroxylation is 1. The zero-order valence-electron chi connectivity index (χ0n) is 11.6. The third kappa shape index (κ3) is 1.88. The van der Waals surface area contributed by atoms with Crippen molar-refractivity contribution in [2.75, 3.05) is 5.73 Å². The van der Waals surface area contributed by atoms with Gasteiger partial charge in [0.25, 0.3) is 0 Å². The van der Waals surface area contributed by atoms with E-state index in [2.05, 4.69) is 12.1 Å². The van der Waals surface area contributed by atoms with Gasteiger partial charge in [-0.15, -0.1) is 0 Å². The summed E-state index contributed by atoms with van der Waals surface area (Å²) >= 11 is 0. The highest BCUT2D eigenvalue weighted by atomic mass is 19.1. The van der Waals surface area contributed by atoms with Crippen LogP contribution in [0, 0.1) is 17.7 Å². The van der Waals surface area contributed by atoms with E-state index in [-0.39, 0.29) is 17.4 Å². The van der Waals surface area contributed by atoms with Crippen LogP contribution in [0.4, 0.5) is 10.1 Å². The van der Waals surface area contributed by atoms with Crippen molar-refractivity contribution < 1.29 is 9.18 Å². The Balaban J connectivity index is 1.65. The molecule has 0 heterocycles. The van der Waals surface area contributed by atoms with Gasteiger partial charge in [0.05, 0.1) is 5.69 Å². The van der Waals surface area contributed by atoms with Crippen LogP contribution >= 0.6 is 0 Å². The van der Waals surface area contributed by atoms with E-state index in [4.69, 9.17) is 5.73 Å². The highest BCUT2D eigenvalue weighted by molar-refractivity contribution is 6.01. The fourth-order valence-electron chi connectivity index (χ4n) is 3.80. The predicted octanol–water partition coefficient (Wildman–Crippen LogP) is 3.57. The molecular weight excluding hydrogens is 265 g/mol. The van der Waals surface area contributed by atoms with Crippen LogP contribution in [-0.4, -0.2) is 5.78 Å². The number of Topliss-reactive ketones (excluding diaryl/α,β-unsaturated/α-hetero) is 1. The maximum Gasteiger partial charge on any atom is 0.166 e. The molecule has 2 nitrogen and oxygen atoms in total. The van der Waals surface area contributed by atoms with Gasteiger partial charge < -0.3 is 5.73 Å². The van der Waals surface area contributed by atoms with Crippen molar-refractivity contribution in [3.05, 3.63) is 65.0 Å². The van der Waals surface area contributed by atoms with Gasteiger partial charge in [-0.1, -0.05) is 24.3 Å². The first-order valence-electron chi connectivity index (χ1n) is 7.34. The van der Waals surface area contributed by atoms with Gasteiger partial charge in [0.2, 0.25) is 0 Å². The second kappa shape index (κ2) is 4.42. The molecule has 2 aromatic rings. The van der Waals surface area contributed by atoms with E-state index in [0.717, 1.165) is 12.8 Å². The Labute approximate surface area is 122 Å². The van der Waals surface area contributed by atoms with Crippen LogP contribution in [0.25, 0.3) is 0 Å². The Hall–Kier alpha value is -2.16. The first-order valence-corrected chi connectivity index (χ1v) is 7.34. The summed E-state index contributed by atoms with van der Waals surface area (Å²) in [5.74, 6) is 0.304. The average molecular weight is 281 g/mol. The minimum Gasteiger partial charge on any atom is -0.396 e. The molecule has 2 aliphatic rings. The molecule has 0 amide bonds. The Kier molecular flexibility index (Phi) is 2.64. The summed E-state index contributed by atoms with van der Waals surface area (Å²) < 4.78 is 13.6. The molecular formula is C18H16FNO. The van der Waals surface area contributed by atoms with Gasteiger partial charge in [0.1, 0.15) is 5.82 Å². The number of carbonyl (C=O) groups is 1. The lowest BCUT2D eigenvalue weighted by Crippen LogP contribution is -2.05. The zero-order chi connectivity index (χ0) is 14.6. The minimum absolute atomic E-state index is 0.0108. The SMILES string of the molecule is Nc1ccc(C(=O)C2C3CCc4ccccc4C32)cc1F. The first kappa shape index (κ1) is 12.6. The Morgan fingerprint density at radius 2 is 2.00 bits per heavy atom. The summed E-state index contributed by atoms with van der Waals surface area (Å²) in [5, 5.41) is 0. The number of hydrogen-bond donors (Lipinski definition) is 1. The molecule has 0 aliphatic heterocycles. The van der Waals surface area contributed by atoms with Gasteiger partial charge in [0.15, 0.2) is 5.78 Å². The molecule has 1 saturated carbocycles. The van der Waals surface area contributed by atoms with Crippen molar-refractivity contribution in [3.63, 3.8) is 0 Å². The number of anilines is 1. The molecule has 0 radical (unpaired) electrons. The second-order valence-corrected chi connectivity index (χ2v) is 6.05. The van der Waals surface area contributed by atoms with Crippen LogP contribution in [0.15, 0.2) is 42.5 Å². The maximum atomic E-state index is 13.6. The fraction of sp³-hybridized carbons (Fsp3) is 0.278. The molecule has 2 N–H and O–H groups in total. The van der Waals surface area contributed by atoms with Gasteiger partial charge in [-0.3, -0.25) is 4.79 Å². The van der Waals surface area contributed by atoms with Crippen LogP contribution in [0.1, 0.15) is 33.8 Å². The molecule has 2 aromatic carbocycles. The molecule has 106 valence electrons. The largest absolute Gasteiger partial charge is 0.396 e. The monoisotopic (exact) mass is 281 g/mol. The van der Waals surface area contributed by atoms with Crippen molar-refractivity contribution in [3.8, 4) is 0 Å². The zero-order valence-corrected chi connectivity index (χ0v) is 11.6. The standard InChI is InChI=1S/C18H16FNO/c19-14-9-11(6-8-15(14)20)18(21)17-13-7-5-10-3-1-2-4-12(10)16(13)17/h1-4,6,8-9,13,16-17H,5,7,20H2. The topological polar surface area (TPSA) is 43.1 Å². The number of fused-ring (bicyclic) bond motifs is 3. The van der Waals surface area contributed by atoms with E-state index < -0.39 is 5.82 Å². The molecule has 3 heteroatoms. The van der Waals surface area contributed by atoms with Crippen LogP contribution in [0.3, 0.4) is 0 Å². The van der Waals surface area contributed by atoms with Crippen LogP contribution in [0.2, 0.25) is 0 Å². The molecule has 0 aromatic heterocycles. The van der Waals surface area contributed by atoms with Gasteiger partial charge in [0, 0.05) is 11.5 Å². The van der Waals surface area contributed by atoms with Gasteiger partial charge in [-0.25, -0.2) is 4.39 Å². The molecule has 2 aliphatic carbocycles. The second-order valence-electron chi connectivity index (χ2n) is 6.05. The lowest BCUT2D eigenvalue weighted by molar-refractivity contribution is 0.0959. The number of nitrogens with two attached hydrogens (primary N) is 1.